The van der Waals surface area contributed by atoms with Gasteiger partial charge in [-0.2, -0.15) is 0 Å². The first-order chi connectivity index (χ1) is 6.13. The molecule has 0 radical (unpaired) electrons. The zero-order chi connectivity index (χ0) is 9.84. The number of carbonyl (C=O) groups is 1. The van der Waals surface area contributed by atoms with Gasteiger partial charge in [0, 0.05) is 13.0 Å². The third kappa shape index (κ3) is 2.37. The smallest absolute Gasteiger partial charge is 0.308 e. The van der Waals surface area contributed by atoms with E-state index in [0.29, 0.717) is 17.2 Å². The molecule has 0 aliphatic heterocycles. The number of carbonyl (C=O) groups excluding carboxylic acids is 1. The number of hydrogen-bond acceptors (Lipinski definition) is 4. The number of nitrogens with two attached hydrogens (primary N) is 1. The van der Waals surface area contributed by atoms with Gasteiger partial charge in [0.05, 0.1) is 12.8 Å². The van der Waals surface area contributed by atoms with Crippen LogP contribution in [0, 0.1) is 0 Å². The monoisotopic (exact) mass is 181 g/mol. The predicted molar refractivity (Wildman–Crippen MR) is 48.7 cm³/mol. The lowest BCUT2D eigenvalue weighted by atomic mass is 10.3. The van der Waals surface area contributed by atoms with E-state index in [9.17, 15) is 4.79 Å². The van der Waals surface area contributed by atoms with E-state index in [1.807, 2.05) is 0 Å². The largest absolute Gasteiger partial charge is 0.497 e. The molecular weight excluding hydrogens is 170 g/mol. The van der Waals surface area contributed by atoms with Gasteiger partial charge in [0.1, 0.15) is 5.75 Å². The van der Waals surface area contributed by atoms with Crippen LogP contribution in [0.25, 0.3) is 0 Å². The van der Waals surface area contributed by atoms with Crippen LogP contribution in [0.1, 0.15) is 6.92 Å². The minimum absolute atomic E-state index is 0.326. The molecule has 0 saturated heterocycles. The Morgan fingerprint density at radius 1 is 1.46 bits per heavy atom. The van der Waals surface area contributed by atoms with Gasteiger partial charge in [-0.3, -0.25) is 4.79 Å². The first-order valence-corrected chi connectivity index (χ1v) is 3.75. The van der Waals surface area contributed by atoms with Gasteiger partial charge in [0.15, 0.2) is 5.75 Å². The van der Waals surface area contributed by atoms with Crippen LogP contribution in [0.3, 0.4) is 0 Å². The molecule has 1 aromatic carbocycles. The van der Waals surface area contributed by atoms with E-state index in [2.05, 4.69) is 0 Å². The van der Waals surface area contributed by atoms with E-state index < -0.39 is 5.97 Å². The summed E-state index contributed by atoms with van der Waals surface area (Å²) in [5, 5.41) is 0. The van der Waals surface area contributed by atoms with Crippen molar-refractivity contribution in [3.63, 3.8) is 0 Å². The van der Waals surface area contributed by atoms with Gasteiger partial charge in [0.2, 0.25) is 0 Å². The van der Waals surface area contributed by atoms with Gasteiger partial charge >= 0.3 is 5.97 Å². The van der Waals surface area contributed by atoms with Crippen LogP contribution in [0.2, 0.25) is 0 Å². The second kappa shape index (κ2) is 3.80. The number of ether oxygens (including phenoxy) is 2. The van der Waals surface area contributed by atoms with Crippen LogP contribution in [-0.4, -0.2) is 13.1 Å². The highest BCUT2D eigenvalue weighted by molar-refractivity contribution is 5.72. The molecule has 0 saturated carbocycles. The van der Waals surface area contributed by atoms with Gasteiger partial charge in [0.25, 0.3) is 0 Å². The Hall–Kier alpha value is -1.71. The molecule has 0 unspecified atom stereocenters. The fourth-order valence-corrected chi connectivity index (χ4v) is 0.885. The molecule has 0 fully saturated rings. The Morgan fingerprint density at radius 2 is 2.15 bits per heavy atom. The van der Waals surface area contributed by atoms with Crippen LogP contribution < -0.4 is 15.2 Å². The van der Waals surface area contributed by atoms with Crippen molar-refractivity contribution in [1.29, 1.82) is 0 Å². The van der Waals surface area contributed by atoms with Gasteiger partial charge in [-0.1, -0.05) is 0 Å². The highest BCUT2D eigenvalue weighted by atomic mass is 16.5. The zero-order valence-electron chi connectivity index (χ0n) is 7.53. The van der Waals surface area contributed by atoms with Crippen molar-refractivity contribution in [2.24, 2.45) is 0 Å². The van der Waals surface area contributed by atoms with E-state index in [0.717, 1.165) is 0 Å². The maximum atomic E-state index is 10.6. The highest BCUT2D eigenvalue weighted by Gasteiger charge is 2.04. The highest BCUT2D eigenvalue weighted by Crippen LogP contribution is 2.26. The van der Waals surface area contributed by atoms with Gasteiger partial charge in [-0.15, -0.1) is 0 Å². The zero-order valence-corrected chi connectivity index (χ0v) is 7.53. The van der Waals surface area contributed by atoms with Gasteiger partial charge < -0.3 is 15.2 Å². The topological polar surface area (TPSA) is 61.6 Å². The standard InChI is InChI=1S/C9H11NO3/c1-6(11)13-9-5-7(12-2)3-4-8(9)10/h3-5H,10H2,1-2H3. The van der Waals surface area contributed by atoms with E-state index >= 15 is 0 Å². The fourth-order valence-electron chi connectivity index (χ4n) is 0.885. The maximum absolute atomic E-state index is 10.6. The molecule has 4 heteroatoms. The number of methoxy groups -OCH3 is 1. The molecule has 0 bridgehead atoms. The molecule has 70 valence electrons. The van der Waals surface area contributed by atoms with Crippen molar-refractivity contribution in [2.45, 2.75) is 6.92 Å². The fraction of sp³-hybridized carbons (Fsp3) is 0.222. The summed E-state index contributed by atoms with van der Waals surface area (Å²) in [6.45, 7) is 1.32. The molecule has 2 N–H and O–H groups in total. The molecule has 0 aliphatic rings. The number of anilines is 1. The van der Waals surface area contributed by atoms with Crippen molar-refractivity contribution in [2.75, 3.05) is 12.8 Å². The summed E-state index contributed by atoms with van der Waals surface area (Å²) in [6.07, 6.45) is 0. The van der Waals surface area contributed by atoms with Crippen LogP contribution in [0.5, 0.6) is 11.5 Å². The Kier molecular flexibility index (Phi) is 2.74. The minimum atomic E-state index is -0.403. The number of nitrogen functional groups attached to an aromatic ring is 1. The van der Waals surface area contributed by atoms with Gasteiger partial charge in [-0.05, 0) is 12.1 Å². The molecule has 0 heterocycles. The molecule has 1 aromatic rings. The van der Waals surface area contributed by atoms with Crippen LogP contribution in [0.15, 0.2) is 18.2 Å². The summed E-state index contributed by atoms with van der Waals surface area (Å²) in [5.41, 5.74) is 5.97. The quantitative estimate of drug-likeness (QED) is 0.423. The number of rotatable bonds is 2. The first kappa shape index (κ1) is 9.38. The Balaban J connectivity index is 2.96. The lowest BCUT2D eigenvalue weighted by Crippen LogP contribution is -2.04. The molecule has 0 aliphatic carbocycles. The maximum Gasteiger partial charge on any atom is 0.308 e. The second-order valence-corrected chi connectivity index (χ2v) is 2.50. The molecule has 0 spiro atoms. The number of esters is 1. The van der Waals surface area contributed by atoms with Crippen LogP contribution in [0.4, 0.5) is 5.69 Å². The predicted octanol–water partition coefficient (Wildman–Crippen LogP) is 1.20. The van der Waals surface area contributed by atoms with Crippen LogP contribution >= 0.6 is 0 Å². The summed E-state index contributed by atoms with van der Waals surface area (Å²) in [6, 6.07) is 4.89. The summed E-state index contributed by atoms with van der Waals surface area (Å²) in [5.74, 6) is 0.525. The van der Waals surface area contributed by atoms with E-state index in [1.165, 1.54) is 14.0 Å². The molecule has 0 amide bonds. The SMILES string of the molecule is COc1ccc(N)c(OC(C)=O)c1. The molecule has 4 nitrogen and oxygen atoms in total. The Bertz CT molecular complexity index is 323. The van der Waals surface area contributed by atoms with E-state index in [-0.39, 0.29) is 0 Å². The van der Waals surface area contributed by atoms with Crippen molar-refractivity contribution >= 4 is 11.7 Å². The Morgan fingerprint density at radius 3 is 2.69 bits per heavy atom. The average molecular weight is 181 g/mol. The number of hydrogen-bond donors (Lipinski definition) is 1. The Labute approximate surface area is 76.3 Å². The normalized spacial score (nSPS) is 9.38. The molecule has 0 atom stereocenters. The third-order valence-corrected chi connectivity index (χ3v) is 1.47. The first-order valence-electron chi connectivity index (χ1n) is 3.75. The van der Waals surface area contributed by atoms with Crippen molar-refractivity contribution < 1.29 is 14.3 Å². The molecule has 13 heavy (non-hydrogen) atoms. The van der Waals surface area contributed by atoms with E-state index in [1.54, 1.807) is 18.2 Å². The van der Waals surface area contributed by atoms with E-state index in [4.69, 9.17) is 15.2 Å². The van der Waals surface area contributed by atoms with Crippen molar-refractivity contribution in [3.05, 3.63) is 18.2 Å². The summed E-state index contributed by atoms with van der Waals surface area (Å²) >= 11 is 0. The lowest BCUT2D eigenvalue weighted by molar-refractivity contribution is -0.131. The number of benzene rings is 1. The molecule has 1 rings (SSSR count). The average Bonchev–Trinajstić information content (AvgIpc) is 2.08. The molecular formula is C9H11NO3. The third-order valence-electron chi connectivity index (χ3n) is 1.47. The summed E-state index contributed by atoms with van der Waals surface area (Å²) in [4.78, 5) is 10.6. The minimum Gasteiger partial charge on any atom is -0.497 e. The second-order valence-electron chi connectivity index (χ2n) is 2.50. The van der Waals surface area contributed by atoms with Crippen molar-refractivity contribution in [3.8, 4) is 11.5 Å². The summed E-state index contributed by atoms with van der Waals surface area (Å²) < 4.78 is 9.79. The molecule has 0 aromatic heterocycles. The van der Waals surface area contributed by atoms with Gasteiger partial charge in [-0.25, -0.2) is 0 Å². The summed E-state index contributed by atoms with van der Waals surface area (Å²) in [7, 11) is 1.53. The lowest BCUT2D eigenvalue weighted by Gasteiger charge is -2.06. The van der Waals surface area contributed by atoms with Crippen LogP contribution in [-0.2, 0) is 4.79 Å². The van der Waals surface area contributed by atoms with Crippen molar-refractivity contribution in [1.82, 2.24) is 0 Å².